The van der Waals surface area contributed by atoms with Crippen molar-refractivity contribution in [2.75, 3.05) is 5.88 Å². The average Bonchev–Trinajstić information content (AvgIpc) is 2.18. The molecular weight excluding hydrogens is 362 g/mol. The highest BCUT2D eigenvalue weighted by atomic mass is 127. The van der Waals surface area contributed by atoms with Gasteiger partial charge in [-0.15, -0.1) is 11.6 Å². The van der Waals surface area contributed by atoms with E-state index in [2.05, 4.69) is 0 Å². The summed E-state index contributed by atoms with van der Waals surface area (Å²) in [6.45, 7) is 0. The van der Waals surface area contributed by atoms with Gasteiger partial charge in [-0.1, -0.05) is 0 Å². The van der Waals surface area contributed by atoms with Crippen molar-refractivity contribution in [2.45, 2.75) is 6.18 Å². The Bertz CT molecular complexity index is 430. The molecule has 0 bridgehead atoms. The summed E-state index contributed by atoms with van der Waals surface area (Å²) < 4.78 is 50.5. The fraction of sp³-hybridized carbons (Fsp3) is 0.222. The van der Waals surface area contributed by atoms with Crippen LogP contribution in [0.15, 0.2) is 12.1 Å². The third-order valence-corrected chi connectivity index (χ3v) is 2.86. The maximum absolute atomic E-state index is 13.1. The topological polar surface area (TPSA) is 17.1 Å². The number of benzene rings is 1. The first-order valence-electron chi connectivity index (χ1n) is 3.92. The summed E-state index contributed by atoms with van der Waals surface area (Å²) in [5, 5.41) is 0. The zero-order valence-corrected chi connectivity index (χ0v) is 10.5. The standard InChI is InChI=1S/C9H4ClF4IO/c10-3-8(16)4-1-6(11)7(15)2-5(4)9(12,13)14/h1-2H,3H2. The molecule has 0 heterocycles. The molecule has 1 nitrogen and oxygen atoms in total. The zero-order valence-electron chi connectivity index (χ0n) is 7.54. The molecule has 0 aliphatic heterocycles. The Hall–Kier alpha value is -0.370. The molecule has 7 heteroatoms. The summed E-state index contributed by atoms with van der Waals surface area (Å²) in [6.07, 6.45) is -4.70. The second kappa shape index (κ2) is 4.87. The molecule has 0 aliphatic carbocycles. The van der Waals surface area contributed by atoms with E-state index in [0.717, 1.165) is 0 Å². The highest BCUT2D eigenvalue weighted by molar-refractivity contribution is 14.1. The number of hydrogen-bond acceptors (Lipinski definition) is 1. The van der Waals surface area contributed by atoms with Crippen LogP contribution in [0.25, 0.3) is 0 Å². The van der Waals surface area contributed by atoms with Crippen molar-refractivity contribution in [3.8, 4) is 0 Å². The SMILES string of the molecule is O=C(CCl)c1cc(F)c(I)cc1C(F)(F)F. The van der Waals surface area contributed by atoms with Gasteiger partial charge in [0.15, 0.2) is 5.78 Å². The van der Waals surface area contributed by atoms with E-state index in [1.807, 2.05) is 0 Å². The number of hydrogen-bond donors (Lipinski definition) is 0. The number of carbonyl (C=O) groups excluding carboxylic acids is 1. The fourth-order valence-electron chi connectivity index (χ4n) is 1.08. The first-order chi connectivity index (χ1) is 7.27. The van der Waals surface area contributed by atoms with Crippen LogP contribution in [0.5, 0.6) is 0 Å². The predicted molar refractivity (Wildman–Crippen MR) is 59.2 cm³/mol. The van der Waals surface area contributed by atoms with Gasteiger partial charge in [-0.05, 0) is 34.7 Å². The first kappa shape index (κ1) is 13.7. The third kappa shape index (κ3) is 2.85. The normalized spacial score (nSPS) is 11.6. The average molecular weight is 366 g/mol. The second-order valence-electron chi connectivity index (χ2n) is 2.87. The van der Waals surface area contributed by atoms with Crippen LogP contribution >= 0.6 is 34.2 Å². The molecule has 0 aromatic heterocycles. The molecule has 88 valence electrons. The van der Waals surface area contributed by atoms with Crippen LogP contribution in [0.2, 0.25) is 0 Å². The maximum Gasteiger partial charge on any atom is 0.417 e. The number of rotatable bonds is 2. The van der Waals surface area contributed by atoms with Gasteiger partial charge < -0.3 is 0 Å². The smallest absolute Gasteiger partial charge is 0.293 e. The lowest BCUT2D eigenvalue weighted by molar-refractivity contribution is -0.138. The summed E-state index contributed by atoms with van der Waals surface area (Å²) in [5.41, 5.74) is -1.90. The van der Waals surface area contributed by atoms with Gasteiger partial charge in [0.1, 0.15) is 5.82 Å². The van der Waals surface area contributed by atoms with Gasteiger partial charge in [0.25, 0.3) is 0 Å². The molecule has 1 aromatic rings. The van der Waals surface area contributed by atoms with Crippen LogP contribution in [-0.2, 0) is 6.18 Å². The number of alkyl halides is 4. The van der Waals surface area contributed by atoms with Crippen molar-refractivity contribution in [1.29, 1.82) is 0 Å². The maximum atomic E-state index is 13.1. The summed E-state index contributed by atoms with van der Waals surface area (Å²) in [7, 11) is 0. The van der Waals surface area contributed by atoms with Crippen LogP contribution < -0.4 is 0 Å². The highest BCUT2D eigenvalue weighted by Gasteiger charge is 2.35. The van der Waals surface area contributed by atoms with E-state index in [1.54, 1.807) is 0 Å². The molecule has 1 aromatic carbocycles. The number of carbonyl (C=O) groups is 1. The lowest BCUT2D eigenvalue weighted by Crippen LogP contribution is -2.15. The van der Waals surface area contributed by atoms with Gasteiger partial charge >= 0.3 is 6.18 Å². The molecule has 1 rings (SSSR count). The minimum absolute atomic E-state index is 0.198. The summed E-state index contributed by atoms with van der Waals surface area (Å²) >= 11 is 6.58. The molecule has 0 spiro atoms. The molecule has 0 aliphatic rings. The van der Waals surface area contributed by atoms with Crippen molar-refractivity contribution < 1.29 is 22.4 Å². The Labute approximate surface area is 107 Å². The molecule has 0 saturated carbocycles. The highest BCUT2D eigenvalue weighted by Crippen LogP contribution is 2.34. The molecule has 0 radical (unpaired) electrons. The molecule has 0 fully saturated rings. The Morgan fingerprint density at radius 2 is 1.94 bits per heavy atom. The van der Waals surface area contributed by atoms with E-state index < -0.39 is 34.8 Å². The van der Waals surface area contributed by atoms with Gasteiger partial charge in [0.05, 0.1) is 11.4 Å². The van der Waals surface area contributed by atoms with Gasteiger partial charge in [-0.3, -0.25) is 4.79 Å². The van der Waals surface area contributed by atoms with Crippen LogP contribution in [0, 0.1) is 9.39 Å². The third-order valence-electron chi connectivity index (χ3n) is 1.79. The second-order valence-corrected chi connectivity index (χ2v) is 4.30. The van der Waals surface area contributed by atoms with Crippen LogP contribution in [-0.4, -0.2) is 11.7 Å². The van der Waals surface area contributed by atoms with Crippen molar-refractivity contribution in [3.63, 3.8) is 0 Å². The van der Waals surface area contributed by atoms with Crippen molar-refractivity contribution in [1.82, 2.24) is 0 Å². The molecule has 0 atom stereocenters. The minimum atomic E-state index is -4.70. The Balaban J connectivity index is 3.45. The molecule has 16 heavy (non-hydrogen) atoms. The summed E-state index contributed by atoms with van der Waals surface area (Å²) in [5.74, 6) is -2.45. The number of ketones is 1. The molecule has 0 amide bonds. The summed E-state index contributed by atoms with van der Waals surface area (Å²) in [4.78, 5) is 11.1. The fourth-order valence-corrected chi connectivity index (χ4v) is 1.70. The van der Waals surface area contributed by atoms with Gasteiger partial charge in [-0.25, -0.2) is 4.39 Å². The zero-order chi connectivity index (χ0) is 12.5. The van der Waals surface area contributed by atoms with Gasteiger partial charge in [-0.2, -0.15) is 13.2 Å². The predicted octanol–water partition coefficient (Wildman–Crippen LogP) is 3.87. The van der Waals surface area contributed by atoms with Crippen LogP contribution in [0.3, 0.4) is 0 Å². The minimum Gasteiger partial charge on any atom is -0.293 e. The van der Waals surface area contributed by atoms with Crippen molar-refractivity contribution in [2.24, 2.45) is 0 Å². The lowest BCUT2D eigenvalue weighted by atomic mass is 10.0. The van der Waals surface area contributed by atoms with Gasteiger partial charge in [0.2, 0.25) is 0 Å². The Morgan fingerprint density at radius 3 is 2.38 bits per heavy atom. The monoisotopic (exact) mass is 366 g/mol. The van der Waals surface area contributed by atoms with E-state index in [9.17, 15) is 22.4 Å². The van der Waals surface area contributed by atoms with E-state index in [-0.39, 0.29) is 3.57 Å². The number of Topliss-reactive ketones (excluding diaryl/α,β-unsaturated/α-hetero) is 1. The van der Waals surface area contributed by atoms with E-state index >= 15 is 0 Å². The quantitative estimate of drug-likeness (QED) is 0.336. The van der Waals surface area contributed by atoms with E-state index in [0.29, 0.717) is 12.1 Å². The molecule has 0 unspecified atom stereocenters. The van der Waals surface area contributed by atoms with E-state index in [4.69, 9.17) is 11.6 Å². The van der Waals surface area contributed by atoms with Crippen molar-refractivity contribution in [3.05, 3.63) is 32.6 Å². The van der Waals surface area contributed by atoms with E-state index in [1.165, 1.54) is 22.6 Å². The Morgan fingerprint density at radius 1 is 1.38 bits per heavy atom. The molecular formula is C9H4ClF4IO. The molecule has 0 saturated heterocycles. The lowest BCUT2D eigenvalue weighted by Gasteiger charge is -2.12. The van der Waals surface area contributed by atoms with Crippen LogP contribution in [0.4, 0.5) is 17.6 Å². The summed E-state index contributed by atoms with van der Waals surface area (Å²) in [6, 6.07) is 1.16. The van der Waals surface area contributed by atoms with Crippen molar-refractivity contribution >= 4 is 40.0 Å². The first-order valence-corrected chi connectivity index (χ1v) is 5.54. The Kier molecular flexibility index (Phi) is 4.17. The van der Waals surface area contributed by atoms with Gasteiger partial charge in [0, 0.05) is 9.13 Å². The molecule has 0 N–H and O–H groups in total. The number of halogens is 6. The van der Waals surface area contributed by atoms with Crippen LogP contribution in [0.1, 0.15) is 15.9 Å². The largest absolute Gasteiger partial charge is 0.417 e.